The number of carbonyl (C=O) groups excluding carboxylic acids is 1. The van der Waals surface area contributed by atoms with Gasteiger partial charge in [-0.05, 0) is 61.9 Å². The van der Waals surface area contributed by atoms with Crippen LogP contribution in [0.5, 0.6) is 0 Å². The maximum Gasteiger partial charge on any atom is 0.323 e. The van der Waals surface area contributed by atoms with Gasteiger partial charge in [0.2, 0.25) is 0 Å². The Kier molecular flexibility index (Phi) is 7.58. The van der Waals surface area contributed by atoms with Crippen molar-refractivity contribution in [1.29, 1.82) is 5.26 Å². The average Bonchev–Trinajstić information content (AvgIpc) is 3.23. The van der Waals surface area contributed by atoms with E-state index in [9.17, 15) is 15.2 Å². The van der Waals surface area contributed by atoms with Gasteiger partial charge in [0.15, 0.2) is 0 Å². The highest BCUT2D eigenvalue weighted by molar-refractivity contribution is 6.00. The average molecular weight is 535 g/mol. The van der Waals surface area contributed by atoms with E-state index in [0.29, 0.717) is 30.0 Å². The zero-order chi connectivity index (χ0) is 28.3. The van der Waals surface area contributed by atoms with Gasteiger partial charge in [-0.2, -0.15) is 10.4 Å². The molecule has 1 aromatic heterocycles. The van der Waals surface area contributed by atoms with Crippen LogP contribution in [0.3, 0.4) is 0 Å². The van der Waals surface area contributed by atoms with Gasteiger partial charge in [-0.1, -0.05) is 60.7 Å². The Labute approximate surface area is 234 Å². The lowest BCUT2D eigenvalue weighted by Crippen LogP contribution is -2.44. The maximum atomic E-state index is 12.7. The molecular formula is C32H34N6O2. The van der Waals surface area contributed by atoms with Crippen molar-refractivity contribution in [2.24, 2.45) is 13.0 Å². The van der Waals surface area contributed by atoms with Crippen LogP contribution in [0.2, 0.25) is 0 Å². The number of piperidine rings is 1. The first-order valence-electron chi connectivity index (χ1n) is 13.5. The van der Waals surface area contributed by atoms with Crippen molar-refractivity contribution in [3.63, 3.8) is 0 Å². The van der Waals surface area contributed by atoms with Crippen LogP contribution in [0, 0.1) is 31.1 Å². The largest absolute Gasteiger partial charge is 0.380 e. The van der Waals surface area contributed by atoms with Gasteiger partial charge in [0.05, 0.1) is 28.3 Å². The van der Waals surface area contributed by atoms with E-state index in [1.165, 1.54) is 0 Å². The summed E-state index contributed by atoms with van der Waals surface area (Å²) in [6, 6.07) is 27.1. The summed E-state index contributed by atoms with van der Waals surface area (Å²) in [4.78, 5) is 14.9. The van der Waals surface area contributed by atoms with Crippen molar-refractivity contribution >= 4 is 23.1 Å². The minimum Gasteiger partial charge on any atom is -0.380 e. The van der Waals surface area contributed by atoms with Crippen molar-refractivity contribution in [1.82, 2.24) is 9.78 Å². The van der Waals surface area contributed by atoms with Crippen LogP contribution in [-0.2, 0) is 12.6 Å². The standard InChI is InChI=1S/C32H34N6O2/c1-22-30(23(2)37(3)36-22)35-31(39)34-28-14-15-29(24(20-28)21-33)38-18-16-27(17-19-38)32(40,25-10-6-4-7-11-25)26-12-8-5-9-13-26/h4-15,20,27,40H,16-19H2,1-3H3,(H2,34,35,39). The second kappa shape index (κ2) is 11.2. The number of hydrogen-bond acceptors (Lipinski definition) is 5. The molecule has 3 N–H and O–H groups in total. The van der Waals surface area contributed by atoms with Gasteiger partial charge in [0, 0.05) is 25.8 Å². The maximum absolute atomic E-state index is 12.7. The molecule has 8 nitrogen and oxygen atoms in total. The van der Waals surface area contributed by atoms with E-state index in [2.05, 4.69) is 26.7 Å². The zero-order valence-corrected chi connectivity index (χ0v) is 23.1. The lowest BCUT2D eigenvalue weighted by atomic mass is 9.72. The van der Waals surface area contributed by atoms with E-state index in [0.717, 1.165) is 41.0 Å². The van der Waals surface area contributed by atoms with Crippen molar-refractivity contribution in [2.75, 3.05) is 28.6 Å². The first-order chi connectivity index (χ1) is 19.3. The number of nitrogens with one attached hydrogen (secondary N) is 2. The summed E-state index contributed by atoms with van der Waals surface area (Å²) >= 11 is 0. The van der Waals surface area contributed by atoms with E-state index in [1.54, 1.807) is 10.7 Å². The van der Waals surface area contributed by atoms with E-state index in [4.69, 9.17) is 0 Å². The lowest BCUT2D eigenvalue weighted by molar-refractivity contribution is 0.00505. The predicted octanol–water partition coefficient (Wildman–Crippen LogP) is 5.71. The number of amides is 2. The van der Waals surface area contributed by atoms with Gasteiger partial charge in [0.1, 0.15) is 11.7 Å². The summed E-state index contributed by atoms with van der Waals surface area (Å²) < 4.78 is 1.72. The number of aliphatic hydroxyl groups is 1. The molecule has 0 atom stereocenters. The van der Waals surface area contributed by atoms with E-state index in [-0.39, 0.29) is 5.92 Å². The SMILES string of the molecule is Cc1nn(C)c(C)c1NC(=O)Nc1ccc(N2CCC(C(O)(c3ccccc3)c3ccccc3)CC2)c(C#N)c1. The Morgan fingerprint density at radius 1 is 0.975 bits per heavy atom. The Morgan fingerprint density at radius 3 is 2.10 bits per heavy atom. The monoisotopic (exact) mass is 534 g/mol. The number of carbonyl (C=O) groups is 1. The molecule has 0 unspecified atom stereocenters. The Hall–Kier alpha value is -4.61. The third-order valence-corrected chi connectivity index (χ3v) is 7.98. The molecule has 204 valence electrons. The molecule has 5 rings (SSSR count). The molecule has 0 spiro atoms. The van der Waals surface area contributed by atoms with Crippen molar-refractivity contribution in [3.05, 3.63) is 107 Å². The minimum absolute atomic E-state index is 0.0168. The normalized spacial score (nSPS) is 14.0. The molecule has 0 saturated carbocycles. The molecule has 1 saturated heterocycles. The third-order valence-electron chi connectivity index (χ3n) is 7.98. The summed E-state index contributed by atoms with van der Waals surface area (Å²) in [7, 11) is 1.83. The van der Waals surface area contributed by atoms with Crippen LogP contribution in [0.25, 0.3) is 0 Å². The molecule has 1 fully saturated rings. The van der Waals surface area contributed by atoms with Crippen molar-refractivity contribution in [3.8, 4) is 6.07 Å². The molecule has 2 amide bonds. The van der Waals surface area contributed by atoms with Gasteiger partial charge in [-0.3, -0.25) is 4.68 Å². The number of nitriles is 1. The quantitative estimate of drug-likeness (QED) is 0.294. The third kappa shape index (κ3) is 5.16. The lowest BCUT2D eigenvalue weighted by Gasteiger charge is -2.43. The number of anilines is 3. The molecule has 3 aromatic carbocycles. The first kappa shape index (κ1) is 27.0. The fourth-order valence-electron chi connectivity index (χ4n) is 5.77. The Balaban J connectivity index is 1.30. The highest BCUT2D eigenvalue weighted by atomic mass is 16.3. The summed E-state index contributed by atoms with van der Waals surface area (Å²) in [5.74, 6) is 0.0168. The van der Waals surface area contributed by atoms with Gasteiger partial charge < -0.3 is 20.6 Å². The Bertz CT molecular complexity index is 1490. The number of rotatable bonds is 6. The second-order valence-electron chi connectivity index (χ2n) is 10.4. The van der Waals surface area contributed by atoms with Crippen LogP contribution >= 0.6 is 0 Å². The van der Waals surface area contributed by atoms with Crippen molar-refractivity contribution in [2.45, 2.75) is 32.3 Å². The number of aryl methyl sites for hydroxylation is 2. The second-order valence-corrected chi connectivity index (χ2v) is 10.4. The number of benzene rings is 3. The predicted molar refractivity (Wildman–Crippen MR) is 157 cm³/mol. The molecule has 4 aromatic rings. The number of aromatic nitrogens is 2. The van der Waals surface area contributed by atoms with Crippen LogP contribution in [0.4, 0.5) is 21.9 Å². The summed E-state index contributed by atoms with van der Waals surface area (Å²) in [5, 5.41) is 32.1. The summed E-state index contributed by atoms with van der Waals surface area (Å²) in [5.41, 5.74) is 4.80. The highest BCUT2D eigenvalue weighted by Gasteiger charge is 2.41. The topological polar surface area (TPSA) is 106 Å². The molecule has 2 heterocycles. The fourth-order valence-corrected chi connectivity index (χ4v) is 5.77. The first-order valence-corrected chi connectivity index (χ1v) is 13.5. The molecule has 1 aliphatic heterocycles. The Morgan fingerprint density at radius 2 is 1.57 bits per heavy atom. The van der Waals surface area contributed by atoms with Gasteiger partial charge in [-0.25, -0.2) is 4.79 Å². The summed E-state index contributed by atoms with van der Waals surface area (Å²) in [6.07, 6.45) is 1.52. The fraction of sp³-hybridized carbons (Fsp3) is 0.281. The zero-order valence-electron chi connectivity index (χ0n) is 23.1. The van der Waals surface area contributed by atoms with E-state index >= 15 is 0 Å². The van der Waals surface area contributed by atoms with Gasteiger partial charge in [-0.15, -0.1) is 0 Å². The molecule has 0 aliphatic carbocycles. The molecule has 1 aliphatic rings. The van der Waals surface area contributed by atoms with E-state index < -0.39 is 11.6 Å². The number of urea groups is 1. The van der Waals surface area contributed by atoms with Crippen LogP contribution in [0.15, 0.2) is 78.9 Å². The van der Waals surface area contributed by atoms with E-state index in [1.807, 2.05) is 93.7 Å². The van der Waals surface area contributed by atoms with Crippen LogP contribution in [-0.4, -0.2) is 34.0 Å². The number of hydrogen-bond donors (Lipinski definition) is 3. The minimum atomic E-state index is -1.10. The molecule has 8 heteroatoms. The molecule has 0 radical (unpaired) electrons. The number of nitrogens with zero attached hydrogens (tertiary/aromatic N) is 4. The highest BCUT2D eigenvalue weighted by Crippen LogP contribution is 2.42. The summed E-state index contributed by atoms with van der Waals surface area (Å²) in [6.45, 7) is 5.14. The molecular weight excluding hydrogens is 500 g/mol. The van der Waals surface area contributed by atoms with Crippen LogP contribution in [0.1, 0.15) is 40.9 Å². The smallest absolute Gasteiger partial charge is 0.323 e. The van der Waals surface area contributed by atoms with Gasteiger partial charge in [0.25, 0.3) is 0 Å². The van der Waals surface area contributed by atoms with Gasteiger partial charge >= 0.3 is 6.03 Å². The molecule has 0 bridgehead atoms. The van der Waals surface area contributed by atoms with Crippen LogP contribution < -0.4 is 15.5 Å². The van der Waals surface area contributed by atoms with Crippen molar-refractivity contribution < 1.29 is 9.90 Å². The molecule has 40 heavy (non-hydrogen) atoms.